The summed E-state index contributed by atoms with van der Waals surface area (Å²) in [6, 6.07) is 9.73. The van der Waals surface area contributed by atoms with E-state index in [0.717, 1.165) is 31.9 Å². The summed E-state index contributed by atoms with van der Waals surface area (Å²) < 4.78 is 1.94. The molecule has 0 unspecified atom stereocenters. The third-order valence-corrected chi connectivity index (χ3v) is 4.48. The number of aryl methyl sites for hydroxylation is 1. The lowest BCUT2D eigenvalue weighted by Gasteiger charge is -2.21. The Balaban J connectivity index is 1.68. The second kappa shape index (κ2) is 7.21. The molecule has 3 rings (SSSR count). The molecule has 0 aliphatic heterocycles. The molecule has 1 heterocycles. The number of hydrogen-bond donors (Lipinski definition) is 0. The van der Waals surface area contributed by atoms with E-state index in [1.807, 2.05) is 4.68 Å². The average Bonchev–Trinajstić information content (AvgIpc) is 3.30. The summed E-state index contributed by atoms with van der Waals surface area (Å²) in [6.45, 7) is 9.33. The molecule has 1 saturated carbocycles. The molecule has 0 atom stereocenters. The number of benzene rings is 1. The lowest BCUT2D eigenvalue weighted by Crippen LogP contribution is -2.27. The minimum Gasteiger partial charge on any atom is -0.289 e. The molecule has 2 aromatic rings. The fourth-order valence-electron chi connectivity index (χ4n) is 2.90. The van der Waals surface area contributed by atoms with E-state index in [0.29, 0.717) is 12.0 Å². The van der Waals surface area contributed by atoms with Gasteiger partial charge < -0.3 is 0 Å². The van der Waals surface area contributed by atoms with E-state index in [-0.39, 0.29) is 0 Å². The number of hydrogen-bond acceptors (Lipinski definition) is 4. The van der Waals surface area contributed by atoms with Gasteiger partial charge in [0.2, 0.25) is 0 Å². The quantitative estimate of drug-likeness (QED) is 0.749. The standard InChI is InChI=1S/C18H27N5/c1-4-11-23-18(19-20-21-23)13-22(17-9-10-17)12-15-5-7-16(8-6-15)14(2)3/h5-8,14,17H,4,9-13H2,1-3H3. The van der Waals surface area contributed by atoms with Gasteiger partial charge in [0.1, 0.15) is 0 Å². The summed E-state index contributed by atoms with van der Waals surface area (Å²) in [5.41, 5.74) is 2.77. The van der Waals surface area contributed by atoms with Crippen molar-refractivity contribution in [1.82, 2.24) is 25.1 Å². The molecular weight excluding hydrogens is 286 g/mol. The van der Waals surface area contributed by atoms with E-state index < -0.39 is 0 Å². The first-order chi connectivity index (χ1) is 11.2. The molecular formula is C18H27N5. The SMILES string of the molecule is CCCn1nnnc1CN(Cc1ccc(C(C)C)cc1)C1CC1. The largest absolute Gasteiger partial charge is 0.289 e. The van der Waals surface area contributed by atoms with Crippen molar-refractivity contribution >= 4 is 0 Å². The molecule has 1 aliphatic rings. The molecule has 1 aromatic carbocycles. The first-order valence-corrected chi connectivity index (χ1v) is 8.75. The maximum atomic E-state index is 4.22. The van der Waals surface area contributed by atoms with E-state index in [1.165, 1.54) is 24.0 Å². The smallest absolute Gasteiger partial charge is 0.165 e. The van der Waals surface area contributed by atoms with E-state index in [4.69, 9.17) is 0 Å². The van der Waals surface area contributed by atoms with Crippen molar-refractivity contribution in [3.8, 4) is 0 Å². The van der Waals surface area contributed by atoms with Crippen molar-refractivity contribution in [2.24, 2.45) is 0 Å². The van der Waals surface area contributed by atoms with Crippen LogP contribution < -0.4 is 0 Å². The highest BCUT2D eigenvalue weighted by Gasteiger charge is 2.30. The van der Waals surface area contributed by atoms with Crippen LogP contribution >= 0.6 is 0 Å². The van der Waals surface area contributed by atoms with Gasteiger partial charge in [-0.05, 0) is 46.7 Å². The fourth-order valence-corrected chi connectivity index (χ4v) is 2.90. The van der Waals surface area contributed by atoms with Gasteiger partial charge in [0.05, 0.1) is 6.54 Å². The molecule has 0 saturated heterocycles. The van der Waals surface area contributed by atoms with Gasteiger partial charge in [-0.3, -0.25) is 4.90 Å². The Kier molecular flexibility index (Phi) is 5.06. The van der Waals surface area contributed by atoms with Gasteiger partial charge in [-0.15, -0.1) is 5.10 Å². The Morgan fingerprint density at radius 3 is 2.52 bits per heavy atom. The van der Waals surface area contributed by atoms with Gasteiger partial charge in [0.15, 0.2) is 5.82 Å². The second-order valence-electron chi connectivity index (χ2n) is 6.85. The number of tetrazole rings is 1. The highest BCUT2D eigenvalue weighted by molar-refractivity contribution is 5.24. The van der Waals surface area contributed by atoms with Crippen LogP contribution in [0, 0.1) is 0 Å². The number of aromatic nitrogens is 4. The molecule has 0 spiro atoms. The summed E-state index contributed by atoms with van der Waals surface area (Å²) in [6.07, 6.45) is 3.64. The molecule has 5 heteroatoms. The topological polar surface area (TPSA) is 46.8 Å². The van der Waals surface area contributed by atoms with Gasteiger partial charge in [0, 0.05) is 19.1 Å². The normalized spacial score (nSPS) is 14.8. The second-order valence-corrected chi connectivity index (χ2v) is 6.85. The molecule has 0 N–H and O–H groups in total. The van der Waals surface area contributed by atoms with Crippen molar-refractivity contribution in [2.45, 2.75) is 71.6 Å². The van der Waals surface area contributed by atoms with E-state index in [2.05, 4.69) is 65.5 Å². The molecule has 0 bridgehead atoms. The Hall–Kier alpha value is -1.75. The maximum absolute atomic E-state index is 4.22. The van der Waals surface area contributed by atoms with Gasteiger partial charge in [-0.1, -0.05) is 45.0 Å². The van der Waals surface area contributed by atoms with Crippen LogP contribution in [0.3, 0.4) is 0 Å². The van der Waals surface area contributed by atoms with Gasteiger partial charge in [-0.2, -0.15) is 0 Å². The van der Waals surface area contributed by atoms with Gasteiger partial charge in [-0.25, -0.2) is 4.68 Å². The van der Waals surface area contributed by atoms with Crippen LogP contribution in [-0.2, 0) is 19.6 Å². The van der Waals surface area contributed by atoms with Crippen LogP contribution in [0.15, 0.2) is 24.3 Å². The highest BCUT2D eigenvalue weighted by atomic mass is 15.5. The van der Waals surface area contributed by atoms with Crippen molar-refractivity contribution in [1.29, 1.82) is 0 Å². The first-order valence-electron chi connectivity index (χ1n) is 8.75. The van der Waals surface area contributed by atoms with Gasteiger partial charge >= 0.3 is 0 Å². The maximum Gasteiger partial charge on any atom is 0.165 e. The fraction of sp³-hybridized carbons (Fsp3) is 0.611. The molecule has 23 heavy (non-hydrogen) atoms. The number of nitrogens with zero attached hydrogens (tertiary/aromatic N) is 5. The average molecular weight is 313 g/mol. The monoisotopic (exact) mass is 313 g/mol. The summed E-state index contributed by atoms with van der Waals surface area (Å²) in [7, 11) is 0. The van der Waals surface area contributed by atoms with Crippen molar-refractivity contribution in [2.75, 3.05) is 0 Å². The Morgan fingerprint density at radius 1 is 1.17 bits per heavy atom. The third-order valence-electron chi connectivity index (χ3n) is 4.48. The van der Waals surface area contributed by atoms with E-state index >= 15 is 0 Å². The lowest BCUT2D eigenvalue weighted by molar-refractivity contribution is 0.234. The van der Waals surface area contributed by atoms with Crippen molar-refractivity contribution < 1.29 is 0 Å². The zero-order valence-electron chi connectivity index (χ0n) is 14.4. The molecule has 0 amide bonds. The molecule has 124 valence electrons. The van der Waals surface area contributed by atoms with Crippen LogP contribution in [0.4, 0.5) is 0 Å². The Morgan fingerprint density at radius 2 is 1.91 bits per heavy atom. The third kappa shape index (κ3) is 4.16. The van der Waals surface area contributed by atoms with Crippen molar-refractivity contribution in [3.05, 3.63) is 41.2 Å². The van der Waals surface area contributed by atoms with Crippen LogP contribution in [-0.4, -0.2) is 31.1 Å². The summed E-state index contributed by atoms with van der Waals surface area (Å²) in [4.78, 5) is 2.52. The molecule has 0 radical (unpaired) electrons. The van der Waals surface area contributed by atoms with Gasteiger partial charge in [0.25, 0.3) is 0 Å². The van der Waals surface area contributed by atoms with Crippen LogP contribution in [0.1, 0.15) is 62.9 Å². The minimum absolute atomic E-state index is 0.585. The van der Waals surface area contributed by atoms with Crippen molar-refractivity contribution in [3.63, 3.8) is 0 Å². The van der Waals surface area contributed by atoms with Crippen LogP contribution in [0.2, 0.25) is 0 Å². The summed E-state index contributed by atoms with van der Waals surface area (Å²) >= 11 is 0. The predicted molar refractivity (Wildman–Crippen MR) is 90.9 cm³/mol. The number of rotatable bonds is 8. The zero-order chi connectivity index (χ0) is 16.2. The zero-order valence-corrected chi connectivity index (χ0v) is 14.4. The first kappa shape index (κ1) is 16.1. The predicted octanol–water partition coefficient (Wildman–Crippen LogP) is 3.37. The summed E-state index contributed by atoms with van der Waals surface area (Å²) in [5, 5.41) is 12.2. The minimum atomic E-state index is 0.585. The molecule has 1 fully saturated rings. The van der Waals surface area contributed by atoms with E-state index in [9.17, 15) is 0 Å². The molecule has 1 aliphatic carbocycles. The van der Waals surface area contributed by atoms with Crippen LogP contribution in [0.5, 0.6) is 0 Å². The molecule has 5 nitrogen and oxygen atoms in total. The molecule has 1 aromatic heterocycles. The highest BCUT2D eigenvalue weighted by Crippen LogP contribution is 2.29. The summed E-state index contributed by atoms with van der Waals surface area (Å²) in [5.74, 6) is 1.57. The van der Waals surface area contributed by atoms with E-state index in [1.54, 1.807) is 0 Å². The Bertz CT molecular complexity index is 613. The Labute approximate surface area is 138 Å². The van der Waals surface area contributed by atoms with Crippen LogP contribution in [0.25, 0.3) is 0 Å². The lowest BCUT2D eigenvalue weighted by atomic mass is 10.0.